The van der Waals surface area contributed by atoms with Crippen LogP contribution in [0.1, 0.15) is 0 Å². The Bertz CT molecular complexity index is 909. The zero-order chi connectivity index (χ0) is 18.0. The van der Waals surface area contributed by atoms with E-state index in [9.17, 15) is 13.6 Å². The van der Waals surface area contributed by atoms with Crippen LogP contribution in [0.25, 0.3) is 11.4 Å². The number of carbonyl (C=O) groups is 1. The molecular formula is C15H9BrClF2N5O. The van der Waals surface area contributed by atoms with E-state index in [0.29, 0.717) is 22.5 Å². The number of aromatic nitrogens is 4. The predicted molar refractivity (Wildman–Crippen MR) is 91.0 cm³/mol. The highest BCUT2D eigenvalue weighted by atomic mass is 79.9. The molecule has 10 heteroatoms. The fourth-order valence-electron chi connectivity index (χ4n) is 1.99. The van der Waals surface area contributed by atoms with Gasteiger partial charge in [-0.3, -0.25) is 4.79 Å². The summed E-state index contributed by atoms with van der Waals surface area (Å²) in [7, 11) is 0. The molecule has 3 aromatic rings. The van der Waals surface area contributed by atoms with Crippen molar-refractivity contribution < 1.29 is 13.6 Å². The lowest BCUT2D eigenvalue weighted by molar-refractivity contribution is -0.117. The molecule has 3 rings (SSSR count). The molecule has 0 aliphatic carbocycles. The first-order chi connectivity index (χ1) is 11.9. The van der Waals surface area contributed by atoms with Gasteiger partial charge in [-0.05, 0) is 51.5 Å². The number of carbonyl (C=O) groups excluding carboxylic acids is 1. The first-order valence-corrected chi connectivity index (χ1v) is 8.07. The highest BCUT2D eigenvalue weighted by Crippen LogP contribution is 2.26. The minimum absolute atomic E-state index is 0.0896. The number of rotatable bonds is 4. The fourth-order valence-corrected chi connectivity index (χ4v) is 2.63. The Morgan fingerprint density at radius 2 is 1.96 bits per heavy atom. The molecule has 1 amide bonds. The first kappa shape index (κ1) is 17.4. The van der Waals surface area contributed by atoms with Crippen LogP contribution in [0.15, 0.2) is 40.9 Å². The number of tetrazole rings is 1. The van der Waals surface area contributed by atoms with Crippen LogP contribution in [0.3, 0.4) is 0 Å². The Balaban J connectivity index is 1.71. The summed E-state index contributed by atoms with van der Waals surface area (Å²) in [6.45, 7) is -0.288. The molecule has 0 unspecified atom stereocenters. The molecular weight excluding hydrogens is 420 g/mol. The SMILES string of the molecule is O=C(Cn1nnc(-c2ccc(Cl)cc2)n1)Nc1c(F)cc(F)cc1Br. The van der Waals surface area contributed by atoms with Crippen LogP contribution in [0.4, 0.5) is 14.5 Å². The number of hydrogen-bond donors (Lipinski definition) is 1. The summed E-state index contributed by atoms with van der Waals surface area (Å²) < 4.78 is 26.9. The van der Waals surface area contributed by atoms with E-state index in [4.69, 9.17) is 11.6 Å². The van der Waals surface area contributed by atoms with Crippen molar-refractivity contribution in [1.29, 1.82) is 0 Å². The van der Waals surface area contributed by atoms with E-state index in [-0.39, 0.29) is 16.7 Å². The summed E-state index contributed by atoms with van der Waals surface area (Å²) in [6.07, 6.45) is 0. The maximum atomic E-state index is 13.7. The highest BCUT2D eigenvalue weighted by molar-refractivity contribution is 9.10. The molecule has 1 heterocycles. The first-order valence-electron chi connectivity index (χ1n) is 6.90. The quantitative estimate of drug-likeness (QED) is 0.688. The van der Waals surface area contributed by atoms with Crippen LogP contribution < -0.4 is 5.32 Å². The van der Waals surface area contributed by atoms with Gasteiger partial charge in [-0.2, -0.15) is 4.80 Å². The Labute approximate surface area is 153 Å². The average molecular weight is 429 g/mol. The van der Waals surface area contributed by atoms with Gasteiger partial charge in [0, 0.05) is 21.1 Å². The van der Waals surface area contributed by atoms with Gasteiger partial charge in [-0.25, -0.2) is 8.78 Å². The molecule has 128 valence electrons. The minimum atomic E-state index is -0.895. The zero-order valence-electron chi connectivity index (χ0n) is 12.4. The molecule has 0 spiro atoms. The van der Waals surface area contributed by atoms with E-state index in [1.807, 2.05) is 0 Å². The van der Waals surface area contributed by atoms with Crippen LogP contribution in [0, 0.1) is 11.6 Å². The molecule has 0 bridgehead atoms. The molecule has 0 atom stereocenters. The second kappa shape index (κ2) is 7.24. The lowest BCUT2D eigenvalue weighted by atomic mass is 10.2. The minimum Gasteiger partial charge on any atom is -0.321 e. The maximum absolute atomic E-state index is 13.7. The van der Waals surface area contributed by atoms with Crippen molar-refractivity contribution in [3.05, 3.63) is 57.5 Å². The van der Waals surface area contributed by atoms with Crippen LogP contribution in [-0.2, 0) is 11.3 Å². The van der Waals surface area contributed by atoms with Crippen molar-refractivity contribution in [3.8, 4) is 11.4 Å². The van der Waals surface area contributed by atoms with E-state index in [1.54, 1.807) is 24.3 Å². The third kappa shape index (κ3) is 4.18. The van der Waals surface area contributed by atoms with Gasteiger partial charge in [-0.1, -0.05) is 11.6 Å². The van der Waals surface area contributed by atoms with Gasteiger partial charge >= 0.3 is 0 Å². The average Bonchev–Trinajstić information content (AvgIpc) is 3.00. The monoisotopic (exact) mass is 427 g/mol. The van der Waals surface area contributed by atoms with Gasteiger partial charge < -0.3 is 5.32 Å². The van der Waals surface area contributed by atoms with Gasteiger partial charge in [0.2, 0.25) is 11.7 Å². The molecule has 0 radical (unpaired) electrons. The maximum Gasteiger partial charge on any atom is 0.248 e. The molecule has 1 aromatic heterocycles. The summed E-state index contributed by atoms with van der Waals surface area (Å²) >= 11 is 8.81. The molecule has 0 aliphatic heterocycles. The fraction of sp³-hybridized carbons (Fsp3) is 0.0667. The topological polar surface area (TPSA) is 72.7 Å². The lowest BCUT2D eigenvalue weighted by Gasteiger charge is -2.08. The summed E-state index contributed by atoms with van der Waals surface area (Å²) in [6, 6.07) is 8.51. The number of nitrogens with zero attached hydrogens (tertiary/aromatic N) is 4. The van der Waals surface area contributed by atoms with E-state index >= 15 is 0 Å². The second-order valence-electron chi connectivity index (χ2n) is 4.94. The molecule has 6 nitrogen and oxygen atoms in total. The van der Waals surface area contributed by atoms with Gasteiger partial charge in [0.05, 0.1) is 5.69 Å². The summed E-state index contributed by atoms with van der Waals surface area (Å²) in [5.41, 5.74) is 0.521. The molecule has 2 aromatic carbocycles. The number of halogens is 4. The number of amides is 1. The lowest BCUT2D eigenvalue weighted by Crippen LogP contribution is -2.21. The van der Waals surface area contributed by atoms with Crippen molar-refractivity contribution >= 4 is 39.1 Å². The van der Waals surface area contributed by atoms with Gasteiger partial charge in [-0.15, -0.1) is 10.2 Å². The third-order valence-electron chi connectivity index (χ3n) is 3.11. The Morgan fingerprint density at radius 1 is 1.24 bits per heavy atom. The van der Waals surface area contributed by atoms with Crippen LogP contribution in [0.2, 0.25) is 5.02 Å². The molecule has 25 heavy (non-hydrogen) atoms. The number of anilines is 1. The largest absolute Gasteiger partial charge is 0.321 e. The molecule has 0 aliphatic rings. The summed E-state index contributed by atoms with van der Waals surface area (Å²) in [5.74, 6) is -1.92. The van der Waals surface area contributed by atoms with E-state index in [2.05, 4.69) is 36.7 Å². The van der Waals surface area contributed by atoms with E-state index in [1.165, 1.54) is 0 Å². The number of nitrogens with one attached hydrogen (secondary N) is 1. The molecule has 1 N–H and O–H groups in total. The van der Waals surface area contributed by atoms with E-state index < -0.39 is 17.5 Å². The normalized spacial score (nSPS) is 10.7. The van der Waals surface area contributed by atoms with Crippen LogP contribution >= 0.6 is 27.5 Å². The van der Waals surface area contributed by atoms with Crippen molar-refractivity contribution in [3.63, 3.8) is 0 Å². The molecule has 0 saturated carbocycles. The van der Waals surface area contributed by atoms with Gasteiger partial charge in [0.25, 0.3) is 0 Å². The Hall–Kier alpha value is -2.39. The van der Waals surface area contributed by atoms with Crippen LogP contribution in [0.5, 0.6) is 0 Å². The van der Waals surface area contributed by atoms with Crippen molar-refractivity contribution in [2.45, 2.75) is 6.54 Å². The Kier molecular flexibility index (Phi) is 5.05. The third-order valence-corrected chi connectivity index (χ3v) is 3.99. The Morgan fingerprint density at radius 3 is 2.64 bits per heavy atom. The number of hydrogen-bond acceptors (Lipinski definition) is 4. The van der Waals surface area contributed by atoms with Crippen LogP contribution in [-0.4, -0.2) is 26.1 Å². The molecule has 0 fully saturated rings. The standard InChI is InChI=1S/C15H9BrClF2N5O/c16-11-5-10(18)6-12(19)14(11)20-13(25)7-24-22-15(21-23-24)8-1-3-9(17)4-2-8/h1-6H,7H2,(H,20,25). The zero-order valence-corrected chi connectivity index (χ0v) is 14.7. The smallest absolute Gasteiger partial charge is 0.248 e. The van der Waals surface area contributed by atoms with Crippen molar-refractivity contribution in [2.24, 2.45) is 0 Å². The predicted octanol–water partition coefficient (Wildman–Crippen LogP) is 3.67. The molecule has 0 saturated heterocycles. The summed E-state index contributed by atoms with van der Waals surface area (Å²) in [4.78, 5) is 13.1. The van der Waals surface area contributed by atoms with Gasteiger partial charge in [0.1, 0.15) is 12.4 Å². The van der Waals surface area contributed by atoms with Gasteiger partial charge in [0.15, 0.2) is 5.82 Å². The summed E-state index contributed by atoms with van der Waals surface area (Å²) in [5, 5.41) is 14.6. The number of benzene rings is 2. The second-order valence-corrected chi connectivity index (χ2v) is 6.23. The van der Waals surface area contributed by atoms with Crippen molar-refractivity contribution in [2.75, 3.05) is 5.32 Å². The highest BCUT2D eigenvalue weighted by Gasteiger charge is 2.14. The van der Waals surface area contributed by atoms with E-state index in [0.717, 1.165) is 10.9 Å². The van der Waals surface area contributed by atoms with Crippen molar-refractivity contribution in [1.82, 2.24) is 20.2 Å².